The molecule has 4 nitrogen and oxygen atoms in total. The van der Waals surface area contributed by atoms with E-state index in [1.54, 1.807) is 31.2 Å². The fraction of sp³-hybridized carbons (Fsp3) is 0.100. The fourth-order valence-electron chi connectivity index (χ4n) is 3.00. The number of aromatic nitrogens is 1. The third kappa shape index (κ3) is 2.74. The summed E-state index contributed by atoms with van der Waals surface area (Å²) in [5.41, 5.74) is 7.22. The highest BCUT2D eigenvalue weighted by Crippen LogP contribution is 2.43. The van der Waals surface area contributed by atoms with Crippen LogP contribution < -0.4 is 10.5 Å². The van der Waals surface area contributed by atoms with E-state index < -0.39 is 11.8 Å². The zero-order chi connectivity index (χ0) is 18.8. The minimum absolute atomic E-state index is 0.0259. The second-order valence-electron chi connectivity index (χ2n) is 5.68. The van der Waals surface area contributed by atoms with E-state index in [4.69, 9.17) is 10.5 Å². The van der Waals surface area contributed by atoms with Crippen molar-refractivity contribution < 1.29 is 13.5 Å². The molecule has 2 aromatic carbocycles. The van der Waals surface area contributed by atoms with Crippen LogP contribution in [0.1, 0.15) is 11.1 Å². The number of nitriles is 1. The molecular weight excluding hydrogens is 336 g/mol. The maximum Gasteiger partial charge on any atom is 0.220 e. The summed E-state index contributed by atoms with van der Waals surface area (Å²) in [6.07, 6.45) is 1.27. The number of benzene rings is 2. The summed E-state index contributed by atoms with van der Waals surface area (Å²) in [6, 6.07) is 11.5. The molecule has 26 heavy (non-hydrogen) atoms. The number of anilines is 1. The number of pyridine rings is 1. The van der Waals surface area contributed by atoms with Gasteiger partial charge in [-0.05, 0) is 42.3 Å². The lowest BCUT2D eigenvalue weighted by atomic mass is 9.90. The van der Waals surface area contributed by atoms with Gasteiger partial charge in [0.25, 0.3) is 0 Å². The predicted molar refractivity (Wildman–Crippen MR) is 95.4 cm³/mol. The van der Waals surface area contributed by atoms with E-state index in [2.05, 4.69) is 4.98 Å². The molecule has 0 radical (unpaired) electrons. The Morgan fingerprint density at radius 2 is 1.92 bits per heavy atom. The van der Waals surface area contributed by atoms with E-state index in [1.807, 2.05) is 6.07 Å². The molecule has 0 amide bonds. The van der Waals surface area contributed by atoms with Gasteiger partial charge in [-0.1, -0.05) is 12.1 Å². The van der Waals surface area contributed by atoms with Crippen molar-refractivity contribution in [1.29, 1.82) is 5.26 Å². The van der Waals surface area contributed by atoms with Gasteiger partial charge in [0.2, 0.25) is 5.95 Å². The average molecular weight is 351 g/mol. The number of nitrogens with zero attached hydrogens (tertiary/aromatic N) is 2. The third-order valence-electron chi connectivity index (χ3n) is 4.16. The Bertz CT molecular complexity index is 1040. The largest absolute Gasteiger partial charge is 0.495 e. The van der Waals surface area contributed by atoms with Gasteiger partial charge in [0.05, 0.1) is 18.2 Å². The van der Waals surface area contributed by atoms with Gasteiger partial charge in [-0.15, -0.1) is 0 Å². The van der Waals surface area contributed by atoms with E-state index in [9.17, 15) is 9.65 Å². The molecule has 6 heteroatoms. The molecule has 0 aliphatic carbocycles. The van der Waals surface area contributed by atoms with Crippen LogP contribution in [0.2, 0.25) is 0 Å². The van der Waals surface area contributed by atoms with Gasteiger partial charge in [0.15, 0.2) is 0 Å². The second-order valence-corrected chi connectivity index (χ2v) is 5.68. The van der Waals surface area contributed by atoms with Crippen LogP contribution >= 0.6 is 0 Å². The molecule has 0 saturated carbocycles. The Kier molecular flexibility index (Phi) is 4.55. The molecular formula is C20H15F2N3O. The topological polar surface area (TPSA) is 71.9 Å². The highest BCUT2D eigenvalue weighted by molar-refractivity contribution is 5.85. The van der Waals surface area contributed by atoms with Crippen LogP contribution in [0.15, 0.2) is 42.6 Å². The van der Waals surface area contributed by atoms with Gasteiger partial charge in [-0.2, -0.15) is 9.65 Å². The van der Waals surface area contributed by atoms with Crippen LogP contribution in [0.5, 0.6) is 5.75 Å². The number of methoxy groups -OCH3 is 1. The van der Waals surface area contributed by atoms with E-state index in [0.29, 0.717) is 16.8 Å². The van der Waals surface area contributed by atoms with Gasteiger partial charge in [-0.3, -0.25) is 0 Å². The minimum Gasteiger partial charge on any atom is -0.495 e. The molecule has 3 rings (SSSR count). The predicted octanol–water partition coefficient (Wildman–Crippen LogP) is 4.46. The molecule has 0 aliphatic rings. The maximum atomic E-state index is 15.6. The second kappa shape index (κ2) is 6.81. The molecule has 1 aromatic heterocycles. The van der Waals surface area contributed by atoms with Gasteiger partial charge >= 0.3 is 0 Å². The minimum atomic E-state index is -0.851. The van der Waals surface area contributed by atoms with E-state index in [1.165, 1.54) is 25.4 Å². The van der Waals surface area contributed by atoms with Crippen molar-refractivity contribution in [2.45, 2.75) is 6.92 Å². The summed E-state index contributed by atoms with van der Waals surface area (Å²) in [5.74, 6) is -1.58. The third-order valence-corrected chi connectivity index (χ3v) is 4.16. The van der Waals surface area contributed by atoms with Crippen molar-refractivity contribution in [1.82, 2.24) is 4.98 Å². The van der Waals surface area contributed by atoms with Crippen molar-refractivity contribution >= 4 is 5.69 Å². The van der Waals surface area contributed by atoms with Crippen molar-refractivity contribution in [3.05, 3.63) is 65.5 Å². The monoisotopic (exact) mass is 351 g/mol. The molecule has 1 heterocycles. The Hall–Kier alpha value is -3.46. The molecule has 0 atom stereocenters. The van der Waals surface area contributed by atoms with Gasteiger partial charge < -0.3 is 10.5 Å². The molecule has 2 N–H and O–H groups in total. The van der Waals surface area contributed by atoms with Gasteiger partial charge in [0.1, 0.15) is 17.6 Å². The lowest BCUT2D eigenvalue weighted by molar-refractivity contribution is 0.411. The number of hydrogen-bond acceptors (Lipinski definition) is 4. The summed E-state index contributed by atoms with van der Waals surface area (Å²) in [7, 11) is 1.31. The highest BCUT2D eigenvalue weighted by atomic mass is 19.1. The first kappa shape index (κ1) is 17.4. The summed E-state index contributed by atoms with van der Waals surface area (Å²) >= 11 is 0. The molecule has 0 spiro atoms. The van der Waals surface area contributed by atoms with Crippen LogP contribution in [0.25, 0.3) is 22.3 Å². The molecule has 0 saturated heterocycles. The molecule has 3 aromatic rings. The molecule has 0 unspecified atom stereocenters. The van der Waals surface area contributed by atoms with Crippen LogP contribution in [0.3, 0.4) is 0 Å². The summed E-state index contributed by atoms with van der Waals surface area (Å²) in [4.78, 5) is 3.57. The Balaban J connectivity index is 2.47. The van der Waals surface area contributed by atoms with Crippen molar-refractivity contribution in [2.24, 2.45) is 0 Å². The van der Waals surface area contributed by atoms with E-state index in [-0.39, 0.29) is 28.0 Å². The van der Waals surface area contributed by atoms with Crippen LogP contribution in [-0.2, 0) is 0 Å². The smallest absolute Gasteiger partial charge is 0.220 e. The summed E-state index contributed by atoms with van der Waals surface area (Å²) < 4.78 is 35.1. The molecule has 0 fully saturated rings. The molecule has 0 aliphatic heterocycles. The molecule has 130 valence electrons. The van der Waals surface area contributed by atoms with Gasteiger partial charge in [0, 0.05) is 23.0 Å². The van der Waals surface area contributed by atoms with Gasteiger partial charge in [-0.25, -0.2) is 9.37 Å². The van der Waals surface area contributed by atoms with E-state index in [0.717, 1.165) is 0 Å². The Morgan fingerprint density at radius 1 is 1.15 bits per heavy atom. The standard InChI is InChI=1S/C20H15F2N3O/c1-11-15(10-23)19(26-2)17(14-7-4-8-25-20(14)22)18(21)16(11)12-5-3-6-13(24)9-12/h3-9H,24H2,1-2H3. The Morgan fingerprint density at radius 3 is 2.54 bits per heavy atom. The van der Waals surface area contributed by atoms with Crippen LogP contribution in [0.4, 0.5) is 14.5 Å². The first-order valence-electron chi connectivity index (χ1n) is 7.76. The average Bonchev–Trinajstić information content (AvgIpc) is 2.62. The number of halogens is 2. The fourth-order valence-corrected chi connectivity index (χ4v) is 3.00. The van der Waals surface area contributed by atoms with E-state index >= 15 is 4.39 Å². The number of rotatable bonds is 3. The SMILES string of the molecule is COc1c(C#N)c(C)c(-c2cccc(N)c2)c(F)c1-c1cccnc1F. The number of nitrogen functional groups attached to an aromatic ring is 1. The summed E-state index contributed by atoms with van der Waals surface area (Å²) in [5, 5.41) is 9.60. The first-order valence-corrected chi connectivity index (χ1v) is 7.76. The van der Waals surface area contributed by atoms with Crippen molar-refractivity contribution in [3.63, 3.8) is 0 Å². The normalized spacial score (nSPS) is 10.4. The quantitative estimate of drug-likeness (QED) is 0.558. The highest BCUT2D eigenvalue weighted by Gasteiger charge is 2.26. The lowest BCUT2D eigenvalue weighted by Crippen LogP contribution is -2.04. The van der Waals surface area contributed by atoms with Crippen LogP contribution in [0, 0.1) is 30.0 Å². The number of nitrogens with two attached hydrogens (primary N) is 1. The molecule has 0 bridgehead atoms. The first-order chi connectivity index (χ1) is 12.5. The van der Waals surface area contributed by atoms with Crippen molar-refractivity contribution in [2.75, 3.05) is 12.8 Å². The zero-order valence-corrected chi connectivity index (χ0v) is 14.2. The Labute approximate surface area is 149 Å². The lowest BCUT2D eigenvalue weighted by Gasteiger charge is -2.18. The summed E-state index contributed by atoms with van der Waals surface area (Å²) in [6.45, 7) is 1.62. The van der Waals surface area contributed by atoms with Crippen LogP contribution in [-0.4, -0.2) is 12.1 Å². The maximum absolute atomic E-state index is 15.6. The zero-order valence-electron chi connectivity index (χ0n) is 14.2. The van der Waals surface area contributed by atoms with Crippen molar-refractivity contribution in [3.8, 4) is 34.1 Å². The number of hydrogen-bond donors (Lipinski definition) is 1. The number of ether oxygens (including phenoxy) is 1.